The fourth-order valence-corrected chi connectivity index (χ4v) is 4.66. The lowest BCUT2D eigenvalue weighted by Gasteiger charge is -2.38. The zero-order chi connectivity index (χ0) is 14.9. The van der Waals surface area contributed by atoms with E-state index in [0.29, 0.717) is 5.02 Å². The molecule has 0 N–H and O–H groups in total. The molecular weight excluding hydrogens is 367 g/mol. The first kappa shape index (κ1) is 15.4. The monoisotopic (exact) mass is 382 g/mol. The van der Waals surface area contributed by atoms with Gasteiger partial charge in [-0.1, -0.05) is 69.5 Å². The fourth-order valence-electron chi connectivity index (χ4n) is 3.41. The largest absolute Gasteiger partial charge is 0.0918 e. The number of benzene rings is 2. The van der Waals surface area contributed by atoms with E-state index in [1.54, 1.807) is 0 Å². The van der Waals surface area contributed by atoms with Crippen molar-refractivity contribution in [3.05, 3.63) is 69.2 Å². The van der Waals surface area contributed by atoms with Crippen molar-refractivity contribution >= 4 is 39.1 Å². The molecule has 110 valence electrons. The van der Waals surface area contributed by atoms with Gasteiger partial charge in [0.05, 0.1) is 0 Å². The van der Waals surface area contributed by atoms with Crippen LogP contribution in [0.5, 0.6) is 0 Å². The van der Waals surface area contributed by atoms with E-state index in [0.717, 1.165) is 16.8 Å². The number of hydrogen-bond acceptors (Lipinski definition) is 0. The topological polar surface area (TPSA) is 0 Å². The average molecular weight is 384 g/mol. The highest BCUT2D eigenvalue weighted by atomic mass is 79.9. The Balaban J connectivity index is 2.02. The van der Waals surface area contributed by atoms with E-state index < -0.39 is 0 Å². The Kier molecular flexibility index (Phi) is 4.63. The summed E-state index contributed by atoms with van der Waals surface area (Å²) >= 11 is 16.2. The predicted molar refractivity (Wildman–Crippen MR) is 95.0 cm³/mol. The molecule has 0 aromatic heterocycles. The Bertz CT molecular complexity index is 653. The molecule has 2 aromatic rings. The van der Waals surface area contributed by atoms with E-state index in [1.165, 1.54) is 36.0 Å². The summed E-state index contributed by atoms with van der Waals surface area (Å²) in [4.78, 5) is 0. The molecule has 0 heterocycles. The lowest BCUT2D eigenvalue weighted by molar-refractivity contribution is 0.401. The lowest BCUT2D eigenvalue weighted by atomic mass is 9.68. The quantitative estimate of drug-likeness (QED) is 0.553. The third-order valence-electron chi connectivity index (χ3n) is 4.49. The molecule has 0 aliphatic heterocycles. The molecule has 1 aliphatic rings. The van der Waals surface area contributed by atoms with Crippen LogP contribution in [0, 0.1) is 0 Å². The van der Waals surface area contributed by atoms with Gasteiger partial charge in [0.2, 0.25) is 0 Å². The minimum absolute atomic E-state index is 0.131. The van der Waals surface area contributed by atoms with Crippen molar-refractivity contribution in [1.82, 2.24) is 0 Å². The summed E-state index contributed by atoms with van der Waals surface area (Å²) in [5.41, 5.74) is 4.26. The number of alkyl halides is 1. The van der Waals surface area contributed by atoms with E-state index in [9.17, 15) is 0 Å². The van der Waals surface area contributed by atoms with Gasteiger partial charge in [-0.2, -0.15) is 0 Å². The van der Waals surface area contributed by atoms with Crippen LogP contribution in [0.2, 0.25) is 10.0 Å². The molecule has 1 aliphatic carbocycles. The van der Waals surface area contributed by atoms with Gasteiger partial charge in [-0.05, 0) is 54.5 Å². The van der Waals surface area contributed by atoms with Crippen LogP contribution in [-0.2, 0) is 18.3 Å². The minimum atomic E-state index is 0.131. The van der Waals surface area contributed by atoms with Gasteiger partial charge in [0.15, 0.2) is 0 Å². The SMILES string of the molecule is Clc1ccc(CC2(CBr)CCCc3ccccc32)c(Cl)c1. The maximum absolute atomic E-state index is 6.40. The molecular formula is C18H17BrCl2. The van der Waals surface area contributed by atoms with Crippen molar-refractivity contribution in [2.45, 2.75) is 31.1 Å². The van der Waals surface area contributed by atoms with Crippen molar-refractivity contribution in [2.75, 3.05) is 5.33 Å². The Hall–Kier alpha value is -0.500. The van der Waals surface area contributed by atoms with Crippen LogP contribution in [0.25, 0.3) is 0 Å². The number of rotatable bonds is 3. The van der Waals surface area contributed by atoms with Gasteiger partial charge in [-0.25, -0.2) is 0 Å². The smallest absolute Gasteiger partial charge is 0.0453 e. The minimum Gasteiger partial charge on any atom is -0.0918 e. The molecule has 0 fully saturated rings. The molecule has 21 heavy (non-hydrogen) atoms. The van der Waals surface area contributed by atoms with Crippen LogP contribution in [0.3, 0.4) is 0 Å². The summed E-state index contributed by atoms with van der Waals surface area (Å²) in [6, 6.07) is 14.7. The first-order chi connectivity index (χ1) is 10.1. The van der Waals surface area contributed by atoms with E-state index in [-0.39, 0.29) is 5.41 Å². The normalized spacial score (nSPS) is 21.1. The highest BCUT2D eigenvalue weighted by Gasteiger charge is 2.36. The Labute approximate surface area is 144 Å². The van der Waals surface area contributed by atoms with Crippen LogP contribution in [0.1, 0.15) is 29.5 Å². The molecule has 2 aromatic carbocycles. The summed E-state index contributed by atoms with van der Waals surface area (Å²) in [6.07, 6.45) is 4.55. The average Bonchev–Trinajstić information content (AvgIpc) is 2.50. The maximum atomic E-state index is 6.40. The van der Waals surface area contributed by atoms with Crippen LogP contribution < -0.4 is 0 Å². The van der Waals surface area contributed by atoms with E-state index in [1.807, 2.05) is 12.1 Å². The molecule has 0 bridgehead atoms. The van der Waals surface area contributed by atoms with E-state index >= 15 is 0 Å². The molecule has 0 saturated heterocycles. The molecule has 0 nitrogen and oxygen atoms in total. The fraction of sp³-hybridized carbons (Fsp3) is 0.333. The van der Waals surface area contributed by atoms with Crippen LogP contribution >= 0.6 is 39.1 Å². The van der Waals surface area contributed by atoms with Crippen molar-refractivity contribution in [1.29, 1.82) is 0 Å². The summed E-state index contributed by atoms with van der Waals surface area (Å²) in [5.74, 6) is 0. The molecule has 1 atom stereocenters. The first-order valence-corrected chi connectivity index (χ1v) is 9.11. The van der Waals surface area contributed by atoms with Crippen LogP contribution in [0.4, 0.5) is 0 Å². The predicted octanol–water partition coefficient (Wildman–Crippen LogP) is 6.21. The maximum Gasteiger partial charge on any atom is 0.0453 e. The summed E-state index contributed by atoms with van der Waals surface area (Å²) in [7, 11) is 0. The Morgan fingerprint density at radius 2 is 1.90 bits per heavy atom. The zero-order valence-electron chi connectivity index (χ0n) is 11.7. The van der Waals surface area contributed by atoms with Gasteiger partial charge in [0.1, 0.15) is 0 Å². The zero-order valence-corrected chi connectivity index (χ0v) is 14.8. The Morgan fingerprint density at radius 3 is 2.67 bits per heavy atom. The van der Waals surface area contributed by atoms with Gasteiger partial charge < -0.3 is 0 Å². The van der Waals surface area contributed by atoms with Crippen LogP contribution in [0.15, 0.2) is 42.5 Å². The number of aryl methyl sites for hydroxylation is 1. The van der Waals surface area contributed by atoms with Gasteiger partial charge in [0, 0.05) is 20.8 Å². The second-order valence-electron chi connectivity index (χ2n) is 5.84. The van der Waals surface area contributed by atoms with Gasteiger partial charge in [-0.15, -0.1) is 0 Å². The molecule has 3 rings (SSSR count). The van der Waals surface area contributed by atoms with Crippen LogP contribution in [-0.4, -0.2) is 5.33 Å². The summed E-state index contributed by atoms with van der Waals surface area (Å²) < 4.78 is 0. The van der Waals surface area contributed by atoms with Crippen molar-refractivity contribution in [2.24, 2.45) is 0 Å². The van der Waals surface area contributed by atoms with Gasteiger partial charge in [0.25, 0.3) is 0 Å². The first-order valence-electron chi connectivity index (χ1n) is 7.23. The molecule has 0 saturated carbocycles. The lowest BCUT2D eigenvalue weighted by Crippen LogP contribution is -2.35. The molecule has 0 radical (unpaired) electrons. The Morgan fingerprint density at radius 1 is 1.10 bits per heavy atom. The number of hydrogen-bond donors (Lipinski definition) is 0. The second-order valence-corrected chi connectivity index (χ2v) is 7.24. The highest BCUT2D eigenvalue weighted by molar-refractivity contribution is 9.09. The van der Waals surface area contributed by atoms with Crippen molar-refractivity contribution in [3.8, 4) is 0 Å². The molecule has 0 amide bonds. The van der Waals surface area contributed by atoms with E-state index in [4.69, 9.17) is 23.2 Å². The van der Waals surface area contributed by atoms with Crippen molar-refractivity contribution < 1.29 is 0 Å². The molecule has 3 heteroatoms. The second kappa shape index (κ2) is 6.32. The number of fused-ring (bicyclic) bond motifs is 1. The molecule has 0 spiro atoms. The summed E-state index contributed by atoms with van der Waals surface area (Å²) in [6.45, 7) is 0. The third-order valence-corrected chi connectivity index (χ3v) is 6.15. The van der Waals surface area contributed by atoms with Gasteiger partial charge >= 0.3 is 0 Å². The summed E-state index contributed by atoms with van der Waals surface area (Å²) in [5, 5.41) is 2.42. The number of halogens is 3. The third kappa shape index (κ3) is 3.02. The standard InChI is InChI=1S/C18H17BrCl2/c19-12-18(11-14-7-8-15(20)10-17(14)21)9-3-5-13-4-1-2-6-16(13)18/h1-2,4,6-8,10H,3,5,9,11-12H2. The highest BCUT2D eigenvalue weighted by Crippen LogP contribution is 2.42. The van der Waals surface area contributed by atoms with E-state index in [2.05, 4.69) is 46.3 Å². The van der Waals surface area contributed by atoms with Crippen molar-refractivity contribution in [3.63, 3.8) is 0 Å². The molecule has 1 unspecified atom stereocenters. The van der Waals surface area contributed by atoms with Gasteiger partial charge in [-0.3, -0.25) is 0 Å².